The van der Waals surface area contributed by atoms with E-state index in [2.05, 4.69) is 15.3 Å². The van der Waals surface area contributed by atoms with Crippen LogP contribution in [0.25, 0.3) is 0 Å². The van der Waals surface area contributed by atoms with Crippen LogP contribution in [0.4, 0.5) is 0 Å². The van der Waals surface area contributed by atoms with Crippen molar-refractivity contribution in [3.63, 3.8) is 0 Å². The van der Waals surface area contributed by atoms with Gasteiger partial charge in [0.05, 0.1) is 12.2 Å². The van der Waals surface area contributed by atoms with Crippen molar-refractivity contribution in [2.45, 2.75) is 64.6 Å². The van der Waals surface area contributed by atoms with E-state index in [0.29, 0.717) is 24.4 Å². The van der Waals surface area contributed by atoms with Gasteiger partial charge in [-0.3, -0.25) is 0 Å². The molecule has 0 aromatic carbocycles. The Balaban J connectivity index is 1.91. The molecule has 116 valence electrons. The molecular weight excluding hydrogens is 264 g/mol. The van der Waals surface area contributed by atoms with Crippen LogP contribution in [-0.4, -0.2) is 22.6 Å². The summed E-state index contributed by atoms with van der Waals surface area (Å²) < 4.78 is 5.75. The zero-order valence-electron chi connectivity index (χ0n) is 13.2. The third-order valence-electron chi connectivity index (χ3n) is 3.31. The molecule has 2 rings (SSSR count). The summed E-state index contributed by atoms with van der Waals surface area (Å²) in [7, 11) is 0. The molecule has 5 nitrogen and oxygen atoms in total. The average molecular weight is 290 g/mol. The summed E-state index contributed by atoms with van der Waals surface area (Å²) in [5, 5.41) is 3.27. The topological polar surface area (TPSA) is 72.5 Å². The highest BCUT2D eigenvalue weighted by Crippen LogP contribution is 2.17. The van der Waals surface area contributed by atoms with Crippen molar-refractivity contribution >= 4 is 5.96 Å². The van der Waals surface area contributed by atoms with Crippen LogP contribution in [0.15, 0.2) is 23.2 Å². The van der Waals surface area contributed by atoms with Crippen molar-refractivity contribution < 1.29 is 4.74 Å². The third kappa shape index (κ3) is 5.61. The van der Waals surface area contributed by atoms with Crippen molar-refractivity contribution in [2.75, 3.05) is 0 Å². The fourth-order valence-electron chi connectivity index (χ4n) is 2.41. The molecule has 0 unspecified atom stereocenters. The lowest BCUT2D eigenvalue weighted by Gasteiger charge is -2.20. The highest BCUT2D eigenvalue weighted by molar-refractivity contribution is 5.78. The lowest BCUT2D eigenvalue weighted by Crippen LogP contribution is -2.38. The second-order valence-corrected chi connectivity index (χ2v) is 6.51. The monoisotopic (exact) mass is 290 g/mol. The number of aliphatic imine (C=N–C) groups is 1. The predicted molar refractivity (Wildman–Crippen MR) is 85.3 cm³/mol. The highest BCUT2D eigenvalue weighted by Gasteiger charge is 2.15. The van der Waals surface area contributed by atoms with Gasteiger partial charge in [-0.2, -0.15) is 0 Å². The van der Waals surface area contributed by atoms with Crippen LogP contribution in [0.2, 0.25) is 0 Å². The number of rotatable bonds is 4. The number of ether oxygens (including phenoxy) is 1. The van der Waals surface area contributed by atoms with Gasteiger partial charge in [0.15, 0.2) is 5.96 Å². The smallest absolute Gasteiger partial charge is 0.214 e. The van der Waals surface area contributed by atoms with Gasteiger partial charge in [-0.05, 0) is 39.7 Å². The van der Waals surface area contributed by atoms with E-state index in [1.165, 1.54) is 25.7 Å². The molecule has 1 saturated carbocycles. The van der Waals surface area contributed by atoms with E-state index in [0.717, 1.165) is 5.69 Å². The van der Waals surface area contributed by atoms with Gasteiger partial charge in [0.2, 0.25) is 5.88 Å². The first-order chi connectivity index (χ1) is 9.92. The van der Waals surface area contributed by atoms with Crippen molar-refractivity contribution in [1.29, 1.82) is 0 Å². The molecule has 0 radical (unpaired) electrons. The normalized spacial score (nSPS) is 17.0. The molecular formula is C16H26N4O. The van der Waals surface area contributed by atoms with Crippen molar-refractivity contribution in [3.05, 3.63) is 23.9 Å². The molecule has 0 atom stereocenters. The van der Waals surface area contributed by atoms with Crippen LogP contribution < -0.4 is 15.8 Å². The van der Waals surface area contributed by atoms with Crippen LogP contribution in [-0.2, 0) is 6.54 Å². The average Bonchev–Trinajstić information content (AvgIpc) is 2.87. The lowest BCUT2D eigenvalue weighted by atomic mass is 10.2. The maximum Gasteiger partial charge on any atom is 0.214 e. The molecule has 0 spiro atoms. The Morgan fingerprint density at radius 1 is 1.38 bits per heavy atom. The standard InChI is InChI=1S/C16H26N4O/c1-16(2,3)21-14-10-6-9-13(19-14)11-18-15(17)20-12-7-4-5-8-12/h6,9-10,12H,4-5,7-8,11H2,1-3H3,(H3,17,18,20). The molecule has 0 saturated heterocycles. The first-order valence-electron chi connectivity index (χ1n) is 7.64. The molecule has 0 aliphatic heterocycles. The molecule has 21 heavy (non-hydrogen) atoms. The van der Waals surface area contributed by atoms with Crippen LogP contribution in [0.5, 0.6) is 5.88 Å². The molecule has 1 aromatic rings. The van der Waals surface area contributed by atoms with E-state index in [4.69, 9.17) is 10.5 Å². The van der Waals surface area contributed by atoms with E-state index < -0.39 is 0 Å². The molecule has 0 amide bonds. The summed E-state index contributed by atoms with van der Waals surface area (Å²) in [4.78, 5) is 8.81. The molecule has 3 N–H and O–H groups in total. The summed E-state index contributed by atoms with van der Waals surface area (Å²) >= 11 is 0. The second kappa shape index (κ2) is 6.78. The minimum absolute atomic E-state index is 0.252. The lowest BCUT2D eigenvalue weighted by molar-refractivity contribution is 0.124. The number of hydrogen-bond acceptors (Lipinski definition) is 3. The van der Waals surface area contributed by atoms with Crippen molar-refractivity contribution in [1.82, 2.24) is 10.3 Å². The van der Waals surface area contributed by atoms with E-state index >= 15 is 0 Å². The van der Waals surface area contributed by atoms with Crippen LogP contribution in [0.1, 0.15) is 52.1 Å². The first-order valence-corrected chi connectivity index (χ1v) is 7.64. The van der Waals surface area contributed by atoms with Gasteiger partial charge in [0.25, 0.3) is 0 Å². The van der Waals surface area contributed by atoms with Gasteiger partial charge in [-0.1, -0.05) is 18.9 Å². The SMILES string of the molecule is CC(C)(C)Oc1cccc(CN=C(N)NC2CCCC2)n1. The van der Waals surface area contributed by atoms with Crippen LogP contribution >= 0.6 is 0 Å². The number of pyridine rings is 1. The minimum Gasteiger partial charge on any atom is -0.472 e. The number of nitrogens with zero attached hydrogens (tertiary/aromatic N) is 2. The number of guanidine groups is 1. The Kier molecular flexibility index (Phi) is 5.04. The molecule has 1 aliphatic rings. The molecule has 0 bridgehead atoms. The van der Waals surface area contributed by atoms with Gasteiger partial charge in [-0.25, -0.2) is 9.98 Å². The Morgan fingerprint density at radius 3 is 2.76 bits per heavy atom. The zero-order valence-corrected chi connectivity index (χ0v) is 13.2. The third-order valence-corrected chi connectivity index (χ3v) is 3.31. The van der Waals surface area contributed by atoms with Gasteiger partial charge in [-0.15, -0.1) is 0 Å². The largest absolute Gasteiger partial charge is 0.472 e. The van der Waals surface area contributed by atoms with E-state index in [1.807, 2.05) is 39.0 Å². The summed E-state index contributed by atoms with van der Waals surface area (Å²) in [6, 6.07) is 6.21. The zero-order chi connectivity index (χ0) is 15.3. The summed E-state index contributed by atoms with van der Waals surface area (Å²) in [5.74, 6) is 1.13. The summed E-state index contributed by atoms with van der Waals surface area (Å²) in [5.41, 5.74) is 6.52. The fraction of sp³-hybridized carbons (Fsp3) is 0.625. The Hall–Kier alpha value is -1.78. The Morgan fingerprint density at radius 2 is 2.10 bits per heavy atom. The van der Waals surface area contributed by atoms with Crippen molar-refractivity contribution in [3.8, 4) is 5.88 Å². The first kappa shape index (κ1) is 15.6. The van der Waals surface area contributed by atoms with Crippen LogP contribution in [0, 0.1) is 0 Å². The molecule has 1 heterocycles. The number of hydrogen-bond donors (Lipinski definition) is 2. The van der Waals surface area contributed by atoms with E-state index in [9.17, 15) is 0 Å². The number of nitrogens with one attached hydrogen (secondary N) is 1. The molecule has 1 aromatic heterocycles. The van der Waals surface area contributed by atoms with Gasteiger partial charge >= 0.3 is 0 Å². The number of aromatic nitrogens is 1. The Bertz CT molecular complexity index is 487. The number of nitrogens with two attached hydrogens (primary N) is 1. The van der Waals surface area contributed by atoms with Crippen molar-refractivity contribution in [2.24, 2.45) is 10.7 Å². The predicted octanol–water partition coefficient (Wildman–Crippen LogP) is 2.61. The quantitative estimate of drug-likeness (QED) is 0.660. The van der Waals surface area contributed by atoms with E-state index in [-0.39, 0.29) is 5.60 Å². The van der Waals surface area contributed by atoms with Gasteiger partial charge in [0.1, 0.15) is 5.60 Å². The van der Waals surface area contributed by atoms with Crippen LogP contribution in [0.3, 0.4) is 0 Å². The highest BCUT2D eigenvalue weighted by atomic mass is 16.5. The molecule has 5 heteroatoms. The summed E-state index contributed by atoms with van der Waals surface area (Å²) in [6.07, 6.45) is 4.92. The molecule has 1 fully saturated rings. The maximum atomic E-state index is 5.92. The fourth-order valence-corrected chi connectivity index (χ4v) is 2.41. The van der Waals surface area contributed by atoms with Gasteiger partial charge < -0.3 is 15.8 Å². The minimum atomic E-state index is -0.252. The van der Waals surface area contributed by atoms with E-state index in [1.54, 1.807) is 0 Å². The Labute approximate surface area is 127 Å². The second-order valence-electron chi connectivity index (χ2n) is 6.51. The summed E-state index contributed by atoms with van der Waals surface area (Å²) in [6.45, 7) is 6.47. The molecule has 1 aliphatic carbocycles. The van der Waals surface area contributed by atoms with Gasteiger partial charge in [0, 0.05) is 12.1 Å². The maximum absolute atomic E-state index is 5.92.